The number of hydrogen-bond acceptors (Lipinski definition) is 3. The van der Waals surface area contributed by atoms with Gasteiger partial charge in [-0.2, -0.15) is 0 Å². The molecule has 0 bridgehead atoms. The van der Waals surface area contributed by atoms with Crippen molar-refractivity contribution < 1.29 is 9.53 Å². The molecule has 0 aliphatic carbocycles. The number of amides is 2. The van der Waals surface area contributed by atoms with Crippen LogP contribution in [0.3, 0.4) is 0 Å². The highest BCUT2D eigenvalue weighted by atomic mass is 16.5. The lowest BCUT2D eigenvalue weighted by atomic mass is 9.76. The van der Waals surface area contributed by atoms with Crippen molar-refractivity contribution in [2.75, 3.05) is 16.3 Å². The number of rotatable bonds is 5. The fourth-order valence-electron chi connectivity index (χ4n) is 6.92. The third-order valence-electron chi connectivity index (χ3n) is 8.81. The molecule has 2 atom stereocenters. The summed E-state index contributed by atoms with van der Waals surface area (Å²) in [5, 5.41) is 0. The van der Waals surface area contributed by atoms with Crippen molar-refractivity contribution in [1.29, 1.82) is 0 Å². The van der Waals surface area contributed by atoms with E-state index in [1.54, 1.807) is 0 Å². The largest absolute Gasteiger partial charge is 0.486 e. The van der Waals surface area contributed by atoms with Gasteiger partial charge >= 0.3 is 6.03 Å². The van der Waals surface area contributed by atoms with Crippen molar-refractivity contribution in [2.24, 2.45) is 0 Å². The van der Waals surface area contributed by atoms with Crippen LogP contribution in [0.25, 0.3) is 0 Å². The first kappa shape index (κ1) is 26.1. The van der Waals surface area contributed by atoms with Crippen molar-refractivity contribution in [3.8, 4) is 5.75 Å². The molecule has 4 aromatic carbocycles. The van der Waals surface area contributed by atoms with E-state index in [-0.39, 0.29) is 18.2 Å². The first-order valence-electron chi connectivity index (χ1n) is 14.5. The topological polar surface area (TPSA) is 50.6 Å². The Balaban J connectivity index is 1.40. The Labute approximate surface area is 246 Å². The van der Waals surface area contributed by atoms with Crippen LogP contribution >= 0.6 is 0 Å². The number of aryl methyl sites for hydroxylation is 2. The van der Waals surface area contributed by atoms with Gasteiger partial charge < -0.3 is 9.30 Å². The summed E-state index contributed by atoms with van der Waals surface area (Å²) in [6.45, 7) is 8.71. The molecule has 0 radical (unpaired) electrons. The number of fused-ring (bicyclic) bond motifs is 3. The van der Waals surface area contributed by atoms with E-state index in [1.165, 1.54) is 0 Å². The second-order valence-corrected chi connectivity index (χ2v) is 11.4. The zero-order valence-corrected chi connectivity index (χ0v) is 24.4. The summed E-state index contributed by atoms with van der Waals surface area (Å²) in [6, 6.07) is 35.6. The number of aromatic nitrogens is 2. The molecular weight excluding hydrogens is 520 g/mol. The van der Waals surface area contributed by atoms with Crippen LogP contribution in [-0.2, 0) is 5.54 Å². The van der Waals surface area contributed by atoms with E-state index >= 15 is 0 Å². The maximum atomic E-state index is 14.2. The molecule has 3 heterocycles. The second-order valence-electron chi connectivity index (χ2n) is 11.4. The predicted octanol–water partition coefficient (Wildman–Crippen LogP) is 7.24. The summed E-state index contributed by atoms with van der Waals surface area (Å²) in [6.07, 6.45) is 1.75. The molecule has 2 amide bonds. The first-order chi connectivity index (χ1) is 20.4. The Kier molecular flexibility index (Phi) is 6.15. The lowest BCUT2D eigenvalue weighted by molar-refractivity contribution is 0.180. The van der Waals surface area contributed by atoms with Crippen LogP contribution in [0.1, 0.15) is 40.4 Å². The molecule has 0 saturated carbocycles. The van der Waals surface area contributed by atoms with Crippen molar-refractivity contribution in [3.05, 3.63) is 143 Å². The molecule has 6 heteroatoms. The van der Waals surface area contributed by atoms with Crippen molar-refractivity contribution in [1.82, 2.24) is 9.55 Å². The number of hydrogen-bond donors (Lipinski definition) is 0. The van der Waals surface area contributed by atoms with Crippen LogP contribution in [0, 0.1) is 20.8 Å². The number of nitrogens with zero attached hydrogens (tertiary/aromatic N) is 4. The average Bonchev–Trinajstić information content (AvgIpc) is 3.56. The van der Waals surface area contributed by atoms with Gasteiger partial charge in [-0.1, -0.05) is 97.1 Å². The van der Waals surface area contributed by atoms with Crippen LogP contribution in [0.2, 0.25) is 0 Å². The molecular formula is C36H34N4O2. The van der Waals surface area contributed by atoms with Crippen molar-refractivity contribution >= 4 is 17.5 Å². The standard InChI is InChI=1S/C36H34N4O2/c1-24-20-25(2)33-31(21-24)40-32(27(4)42-33)22-38(35(40)41)34-26(3)39(23-37-34)36(28-14-8-5-9-15-28,29-16-10-6-11-17-29)30-18-12-7-13-19-30/h5-21,23,27,32H,22H2,1-4H3. The second kappa shape index (κ2) is 9.91. The van der Waals surface area contributed by atoms with Crippen LogP contribution in [-0.4, -0.2) is 34.3 Å². The zero-order valence-electron chi connectivity index (χ0n) is 24.4. The summed E-state index contributed by atoms with van der Waals surface area (Å²) < 4.78 is 8.61. The number of carbonyl (C=O) groups excluding carboxylic acids is 1. The Hall–Kier alpha value is -4.84. The van der Waals surface area contributed by atoms with E-state index in [9.17, 15) is 4.79 Å². The van der Waals surface area contributed by atoms with Gasteiger partial charge in [0.25, 0.3) is 0 Å². The molecule has 2 aliphatic heterocycles. The maximum Gasteiger partial charge on any atom is 0.330 e. The Morgan fingerprint density at radius 3 is 1.90 bits per heavy atom. The van der Waals surface area contributed by atoms with Crippen LogP contribution in [0.4, 0.5) is 16.3 Å². The summed E-state index contributed by atoms with van der Waals surface area (Å²) >= 11 is 0. The number of imidazole rings is 1. The van der Waals surface area contributed by atoms with Gasteiger partial charge in [-0.15, -0.1) is 0 Å². The van der Waals surface area contributed by atoms with Gasteiger partial charge in [-0.05, 0) is 61.6 Å². The van der Waals surface area contributed by atoms with E-state index < -0.39 is 5.54 Å². The molecule has 1 saturated heterocycles. The molecule has 210 valence electrons. The van der Waals surface area contributed by atoms with Gasteiger partial charge in [-0.3, -0.25) is 9.80 Å². The predicted molar refractivity (Wildman–Crippen MR) is 167 cm³/mol. The lowest BCUT2D eigenvalue weighted by Crippen LogP contribution is -2.47. The van der Waals surface area contributed by atoms with Crippen molar-refractivity contribution in [3.63, 3.8) is 0 Å². The highest BCUT2D eigenvalue weighted by molar-refractivity contribution is 6.08. The van der Waals surface area contributed by atoms with E-state index in [4.69, 9.17) is 9.72 Å². The maximum absolute atomic E-state index is 14.2. The van der Waals surface area contributed by atoms with Crippen LogP contribution in [0.5, 0.6) is 5.75 Å². The van der Waals surface area contributed by atoms with Crippen LogP contribution in [0.15, 0.2) is 109 Å². The number of carbonyl (C=O) groups is 1. The Morgan fingerprint density at radius 1 is 0.810 bits per heavy atom. The van der Waals surface area contributed by atoms with Gasteiger partial charge in [0.1, 0.15) is 17.4 Å². The number of urea groups is 1. The van der Waals surface area contributed by atoms with E-state index in [0.29, 0.717) is 12.4 Å². The van der Waals surface area contributed by atoms with Gasteiger partial charge in [-0.25, -0.2) is 9.78 Å². The SMILES string of the molecule is Cc1cc(C)c2c(c1)N1C(=O)N(c3ncn(C(c4ccccc4)(c4ccccc4)c4ccccc4)c3C)CC1C(C)O2. The summed E-state index contributed by atoms with van der Waals surface area (Å²) in [5.41, 5.74) is 6.53. The average molecular weight is 555 g/mol. The molecule has 1 aromatic heterocycles. The zero-order chi connectivity index (χ0) is 29.0. The third-order valence-corrected chi connectivity index (χ3v) is 8.81. The van der Waals surface area contributed by atoms with E-state index in [1.807, 2.05) is 48.2 Å². The number of ether oxygens (including phenoxy) is 1. The minimum Gasteiger partial charge on any atom is -0.486 e. The molecule has 2 unspecified atom stereocenters. The third kappa shape index (κ3) is 3.78. The normalized spacial score (nSPS) is 18.0. The summed E-state index contributed by atoms with van der Waals surface area (Å²) in [7, 11) is 0. The Bertz CT molecular complexity index is 1670. The fraction of sp³-hybridized carbons (Fsp3) is 0.222. The fourth-order valence-corrected chi connectivity index (χ4v) is 6.92. The van der Waals surface area contributed by atoms with Gasteiger partial charge in [0, 0.05) is 0 Å². The van der Waals surface area contributed by atoms with Crippen LogP contribution < -0.4 is 14.5 Å². The summed E-state index contributed by atoms with van der Waals surface area (Å²) in [4.78, 5) is 23.0. The minimum absolute atomic E-state index is 0.0699. The molecule has 5 aromatic rings. The van der Waals surface area contributed by atoms with Gasteiger partial charge in [0.15, 0.2) is 5.82 Å². The molecule has 0 spiro atoms. The first-order valence-corrected chi connectivity index (χ1v) is 14.5. The number of anilines is 2. The Morgan fingerprint density at radius 2 is 1.36 bits per heavy atom. The summed E-state index contributed by atoms with van der Waals surface area (Å²) in [5.74, 6) is 1.46. The van der Waals surface area contributed by atoms with Gasteiger partial charge in [0.2, 0.25) is 0 Å². The van der Waals surface area contributed by atoms with Crippen molar-refractivity contribution in [2.45, 2.75) is 45.4 Å². The molecule has 0 N–H and O–H groups in total. The highest BCUT2D eigenvalue weighted by Gasteiger charge is 2.49. The van der Waals surface area contributed by atoms with E-state index in [2.05, 4.69) is 103 Å². The lowest BCUT2D eigenvalue weighted by Gasteiger charge is -2.38. The quantitative estimate of drug-likeness (QED) is 0.215. The molecule has 2 aliphatic rings. The minimum atomic E-state index is -0.702. The molecule has 1 fully saturated rings. The van der Waals surface area contributed by atoms with Gasteiger partial charge in [0.05, 0.1) is 30.3 Å². The molecule has 42 heavy (non-hydrogen) atoms. The smallest absolute Gasteiger partial charge is 0.330 e. The monoisotopic (exact) mass is 554 g/mol. The molecule has 6 nitrogen and oxygen atoms in total. The highest BCUT2D eigenvalue weighted by Crippen LogP contribution is 2.46. The number of benzene rings is 4. The molecule has 7 rings (SSSR count). The van der Waals surface area contributed by atoms with E-state index in [0.717, 1.165) is 44.9 Å².